The molecular weight excluding hydrogens is 454 g/mol. The van der Waals surface area contributed by atoms with Gasteiger partial charge in [0.25, 0.3) is 0 Å². The van der Waals surface area contributed by atoms with Crippen LogP contribution in [0.15, 0.2) is 77.0 Å². The summed E-state index contributed by atoms with van der Waals surface area (Å²) in [5, 5.41) is 1.04. The second kappa shape index (κ2) is 9.25. The molecule has 0 aliphatic rings. The fourth-order valence-electron chi connectivity index (χ4n) is 3.66. The number of aromatic nitrogens is 3. The molecule has 33 heavy (non-hydrogen) atoms. The topological polar surface area (TPSA) is 66.2 Å². The zero-order valence-electron chi connectivity index (χ0n) is 18.1. The first-order chi connectivity index (χ1) is 16.2. The lowest BCUT2D eigenvalue weighted by Crippen LogP contribution is -2.03. The number of thiophene rings is 1. The molecule has 0 spiro atoms. The fraction of sp³-hybridized carbons (Fsp3) is 0.160. The number of methoxy groups -OCH3 is 1. The third kappa shape index (κ3) is 4.31. The number of benzene rings is 2. The molecule has 0 fully saturated rings. The van der Waals surface area contributed by atoms with Gasteiger partial charge in [0, 0.05) is 32.6 Å². The molecule has 166 valence electrons. The van der Waals surface area contributed by atoms with Crippen LogP contribution in [-0.2, 0) is 11.3 Å². The number of esters is 1. The molecule has 0 N–H and O–H groups in total. The van der Waals surface area contributed by atoms with Crippen molar-refractivity contribution in [3.63, 3.8) is 0 Å². The number of carbonyl (C=O) groups is 1. The first-order valence-electron chi connectivity index (χ1n) is 10.5. The van der Waals surface area contributed by atoms with E-state index in [0.717, 1.165) is 42.2 Å². The molecule has 0 amide bonds. The summed E-state index contributed by atoms with van der Waals surface area (Å²) < 4.78 is 13.8. The fourth-order valence-corrected chi connectivity index (χ4v) is 6.05. The summed E-state index contributed by atoms with van der Waals surface area (Å²) in [6, 6.07) is 16.1. The molecule has 5 rings (SSSR count). The number of rotatable bonds is 7. The summed E-state index contributed by atoms with van der Waals surface area (Å²) in [4.78, 5) is 24.0. The van der Waals surface area contributed by atoms with E-state index in [1.165, 1.54) is 11.3 Å². The van der Waals surface area contributed by atoms with Gasteiger partial charge in [0.1, 0.15) is 10.6 Å². The van der Waals surface area contributed by atoms with E-state index < -0.39 is 0 Å². The summed E-state index contributed by atoms with van der Waals surface area (Å²) in [6.45, 7) is 2.83. The Morgan fingerprint density at radius 3 is 2.94 bits per heavy atom. The quantitative estimate of drug-likeness (QED) is 0.268. The third-order valence-electron chi connectivity index (χ3n) is 5.21. The van der Waals surface area contributed by atoms with Crippen LogP contribution in [0.5, 0.6) is 5.75 Å². The molecule has 0 saturated heterocycles. The summed E-state index contributed by atoms with van der Waals surface area (Å²) in [5.41, 5.74) is 3.04. The SMILES string of the molecule is CCOC(=O)c1sc2cc(Cn3cnc4ccncc43)ccc2c1Sc1cccc(OC)c1. The highest BCUT2D eigenvalue weighted by Crippen LogP contribution is 2.43. The van der Waals surface area contributed by atoms with E-state index in [4.69, 9.17) is 9.47 Å². The molecule has 6 nitrogen and oxygen atoms in total. The summed E-state index contributed by atoms with van der Waals surface area (Å²) in [5.74, 6) is 0.485. The van der Waals surface area contributed by atoms with E-state index in [-0.39, 0.29) is 5.97 Å². The predicted octanol–water partition coefficient (Wildman–Crippen LogP) is 6.03. The lowest BCUT2D eigenvalue weighted by Gasteiger charge is -2.07. The number of pyridine rings is 1. The van der Waals surface area contributed by atoms with Crippen molar-refractivity contribution in [1.29, 1.82) is 0 Å². The monoisotopic (exact) mass is 475 g/mol. The molecule has 0 aliphatic carbocycles. The van der Waals surface area contributed by atoms with Crippen molar-refractivity contribution in [2.75, 3.05) is 13.7 Å². The zero-order chi connectivity index (χ0) is 22.8. The van der Waals surface area contributed by atoms with Crippen molar-refractivity contribution in [3.05, 3.63) is 77.7 Å². The molecule has 0 bridgehead atoms. The van der Waals surface area contributed by atoms with E-state index in [1.807, 2.05) is 49.8 Å². The highest BCUT2D eigenvalue weighted by molar-refractivity contribution is 7.99. The van der Waals surface area contributed by atoms with Crippen LogP contribution in [0.2, 0.25) is 0 Å². The maximum atomic E-state index is 12.8. The van der Waals surface area contributed by atoms with Crippen LogP contribution in [0.4, 0.5) is 0 Å². The number of ether oxygens (including phenoxy) is 2. The van der Waals surface area contributed by atoms with Gasteiger partial charge in [0.15, 0.2) is 0 Å². The largest absolute Gasteiger partial charge is 0.497 e. The summed E-state index contributed by atoms with van der Waals surface area (Å²) >= 11 is 3.02. The van der Waals surface area contributed by atoms with Gasteiger partial charge in [0.05, 0.1) is 37.3 Å². The summed E-state index contributed by atoms with van der Waals surface area (Å²) in [6.07, 6.45) is 5.41. The maximum absolute atomic E-state index is 12.8. The third-order valence-corrected chi connectivity index (χ3v) is 7.59. The zero-order valence-corrected chi connectivity index (χ0v) is 19.8. The van der Waals surface area contributed by atoms with Crippen LogP contribution in [0.1, 0.15) is 22.2 Å². The van der Waals surface area contributed by atoms with Gasteiger partial charge in [-0.15, -0.1) is 11.3 Å². The van der Waals surface area contributed by atoms with Gasteiger partial charge in [-0.1, -0.05) is 30.0 Å². The van der Waals surface area contributed by atoms with Crippen molar-refractivity contribution < 1.29 is 14.3 Å². The minimum absolute atomic E-state index is 0.294. The Morgan fingerprint density at radius 1 is 1.18 bits per heavy atom. The number of fused-ring (bicyclic) bond motifs is 2. The van der Waals surface area contributed by atoms with Gasteiger partial charge in [0.2, 0.25) is 0 Å². The number of hydrogen-bond acceptors (Lipinski definition) is 7. The van der Waals surface area contributed by atoms with Crippen LogP contribution >= 0.6 is 23.1 Å². The van der Waals surface area contributed by atoms with Crippen LogP contribution < -0.4 is 4.74 Å². The highest BCUT2D eigenvalue weighted by atomic mass is 32.2. The lowest BCUT2D eigenvalue weighted by atomic mass is 10.1. The van der Waals surface area contributed by atoms with E-state index in [0.29, 0.717) is 18.0 Å². The predicted molar refractivity (Wildman–Crippen MR) is 132 cm³/mol. The molecule has 0 aliphatic heterocycles. The number of hydrogen-bond donors (Lipinski definition) is 0. The number of imidazole rings is 1. The van der Waals surface area contributed by atoms with Gasteiger partial charge in [-0.25, -0.2) is 9.78 Å². The van der Waals surface area contributed by atoms with Crippen LogP contribution in [0.3, 0.4) is 0 Å². The van der Waals surface area contributed by atoms with Crippen LogP contribution in [-0.4, -0.2) is 34.2 Å². The minimum atomic E-state index is -0.294. The molecule has 3 heterocycles. The van der Waals surface area contributed by atoms with Gasteiger partial charge >= 0.3 is 5.97 Å². The van der Waals surface area contributed by atoms with Crippen LogP contribution in [0.25, 0.3) is 21.1 Å². The van der Waals surface area contributed by atoms with Crippen molar-refractivity contribution in [3.8, 4) is 5.75 Å². The second-order valence-corrected chi connectivity index (χ2v) is 9.47. The van der Waals surface area contributed by atoms with Crippen molar-refractivity contribution in [1.82, 2.24) is 14.5 Å². The molecule has 0 atom stereocenters. The van der Waals surface area contributed by atoms with Gasteiger partial charge < -0.3 is 14.0 Å². The van der Waals surface area contributed by atoms with Crippen molar-refractivity contribution in [2.45, 2.75) is 23.3 Å². The Hall–Kier alpha value is -3.36. The molecule has 2 aromatic carbocycles. The maximum Gasteiger partial charge on any atom is 0.349 e. The Bertz CT molecular complexity index is 1460. The Balaban J connectivity index is 1.54. The minimum Gasteiger partial charge on any atom is -0.497 e. The average Bonchev–Trinajstić information content (AvgIpc) is 3.41. The van der Waals surface area contributed by atoms with Gasteiger partial charge in [-0.05, 0) is 42.8 Å². The molecular formula is C25H21N3O3S2. The first kappa shape index (κ1) is 21.5. The van der Waals surface area contributed by atoms with E-state index >= 15 is 0 Å². The van der Waals surface area contributed by atoms with Crippen molar-refractivity contribution >= 4 is 50.2 Å². The Labute approximate surface area is 199 Å². The van der Waals surface area contributed by atoms with E-state index in [9.17, 15) is 4.79 Å². The molecule has 5 aromatic rings. The summed E-state index contributed by atoms with van der Waals surface area (Å²) in [7, 11) is 1.65. The normalized spacial score (nSPS) is 11.2. The van der Waals surface area contributed by atoms with Gasteiger partial charge in [-0.3, -0.25) is 4.98 Å². The van der Waals surface area contributed by atoms with E-state index in [1.54, 1.807) is 25.1 Å². The molecule has 0 radical (unpaired) electrons. The lowest BCUT2D eigenvalue weighted by molar-refractivity contribution is 0.0528. The number of nitrogens with zero attached hydrogens (tertiary/aromatic N) is 3. The average molecular weight is 476 g/mol. The van der Waals surface area contributed by atoms with E-state index in [2.05, 4.69) is 32.7 Å². The molecule has 0 unspecified atom stereocenters. The molecule has 0 saturated carbocycles. The molecule has 8 heteroatoms. The molecule has 3 aromatic heterocycles. The standard InChI is InChI=1S/C25H21N3O3S2/c1-3-31-25(29)24-23(32-18-6-4-5-17(12-18)30-2)19-8-7-16(11-22(19)33-24)14-28-15-27-20-9-10-26-13-21(20)28/h4-13,15H,3,14H2,1-2H3. The Kier molecular flexibility index (Phi) is 6.02. The smallest absolute Gasteiger partial charge is 0.349 e. The second-order valence-electron chi connectivity index (χ2n) is 7.33. The number of carbonyl (C=O) groups excluding carboxylic acids is 1. The highest BCUT2D eigenvalue weighted by Gasteiger charge is 2.21. The van der Waals surface area contributed by atoms with Crippen LogP contribution in [0, 0.1) is 0 Å². The van der Waals surface area contributed by atoms with Gasteiger partial charge in [-0.2, -0.15) is 0 Å². The van der Waals surface area contributed by atoms with Crippen molar-refractivity contribution in [2.24, 2.45) is 0 Å². The Morgan fingerprint density at radius 2 is 2.09 bits per heavy atom. The first-order valence-corrected chi connectivity index (χ1v) is 12.1.